The van der Waals surface area contributed by atoms with Crippen LogP contribution < -0.4 is 5.32 Å². The number of allylic oxidation sites excluding steroid dienone is 1. The molecule has 0 aromatic heterocycles. The Morgan fingerprint density at radius 3 is 2.70 bits per heavy atom. The van der Waals surface area contributed by atoms with Crippen LogP contribution in [0.25, 0.3) is 10.8 Å². The van der Waals surface area contributed by atoms with Gasteiger partial charge in [-0.15, -0.1) is 0 Å². The van der Waals surface area contributed by atoms with Crippen molar-refractivity contribution in [3.8, 4) is 11.5 Å². The minimum Gasteiger partial charge on any atom is -0.507 e. The standard InChI is InChI=1S/C19H22FNO2/c1-12(9-17(20)13-5-4-8-21-11-13)16-10-18(22)14-6-2-3-7-15(14)19(16)23/h2-3,6-7,10,12,21-23H,4-5,8-9,11H2,1H3. The summed E-state index contributed by atoms with van der Waals surface area (Å²) < 4.78 is 14.5. The Morgan fingerprint density at radius 1 is 1.26 bits per heavy atom. The van der Waals surface area contributed by atoms with E-state index in [0.29, 0.717) is 22.9 Å². The second kappa shape index (κ2) is 6.59. The summed E-state index contributed by atoms with van der Waals surface area (Å²) in [5.41, 5.74) is 1.41. The van der Waals surface area contributed by atoms with Crippen molar-refractivity contribution in [1.82, 2.24) is 5.32 Å². The molecule has 3 nitrogen and oxygen atoms in total. The Hall–Kier alpha value is -2.07. The zero-order chi connectivity index (χ0) is 16.4. The molecule has 1 aliphatic rings. The molecule has 0 spiro atoms. The van der Waals surface area contributed by atoms with Crippen LogP contribution in [0, 0.1) is 0 Å². The normalized spacial score (nSPS) is 18.9. The van der Waals surface area contributed by atoms with Crippen LogP contribution in [0.15, 0.2) is 41.7 Å². The third-order valence-corrected chi connectivity index (χ3v) is 4.59. The van der Waals surface area contributed by atoms with E-state index < -0.39 is 0 Å². The number of nitrogens with one attached hydrogen (secondary N) is 1. The van der Waals surface area contributed by atoms with Gasteiger partial charge in [-0.05, 0) is 36.9 Å². The molecular formula is C19H22FNO2. The third-order valence-electron chi connectivity index (χ3n) is 4.59. The SMILES string of the molecule is CC(CC(F)=C1CCCNC1)c1cc(O)c2ccccc2c1O. The number of fused-ring (bicyclic) bond motifs is 1. The molecule has 1 heterocycles. The molecule has 1 saturated heterocycles. The molecule has 4 heteroatoms. The Balaban J connectivity index is 1.92. The van der Waals surface area contributed by atoms with Gasteiger partial charge in [-0.2, -0.15) is 0 Å². The van der Waals surface area contributed by atoms with Gasteiger partial charge in [-0.3, -0.25) is 0 Å². The van der Waals surface area contributed by atoms with Crippen LogP contribution in [0.5, 0.6) is 11.5 Å². The summed E-state index contributed by atoms with van der Waals surface area (Å²) >= 11 is 0. The van der Waals surface area contributed by atoms with Crippen LogP contribution in [-0.2, 0) is 0 Å². The minimum atomic E-state index is -0.208. The molecule has 1 aliphatic heterocycles. The average molecular weight is 315 g/mol. The lowest BCUT2D eigenvalue weighted by atomic mass is 9.91. The average Bonchev–Trinajstić information content (AvgIpc) is 2.58. The molecule has 0 amide bonds. The molecule has 122 valence electrons. The summed E-state index contributed by atoms with van der Waals surface area (Å²) in [6.45, 7) is 3.42. The van der Waals surface area contributed by atoms with Gasteiger partial charge < -0.3 is 15.5 Å². The highest BCUT2D eigenvalue weighted by molar-refractivity contribution is 5.94. The zero-order valence-electron chi connectivity index (χ0n) is 13.3. The van der Waals surface area contributed by atoms with Crippen molar-refractivity contribution in [3.63, 3.8) is 0 Å². The number of piperidine rings is 1. The molecule has 1 atom stereocenters. The number of hydrogen-bond donors (Lipinski definition) is 3. The van der Waals surface area contributed by atoms with E-state index in [1.165, 1.54) is 0 Å². The predicted octanol–water partition coefficient (Wildman–Crippen LogP) is 4.35. The van der Waals surface area contributed by atoms with Gasteiger partial charge in [0.1, 0.15) is 17.3 Å². The lowest BCUT2D eigenvalue weighted by Crippen LogP contribution is -2.24. The molecule has 1 unspecified atom stereocenters. The number of aromatic hydroxyl groups is 2. The van der Waals surface area contributed by atoms with E-state index in [1.54, 1.807) is 18.2 Å². The Bertz CT molecular complexity index is 746. The van der Waals surface area contributed by atoms with Crippen LogP contribution in [0.4, 0.5) is 4.39 Å². The highest BCUT2D eigenvalue weighted by Gasteiger charge is 2.19. The number of phenols is 2. The van der Waals surface area contributed by atoms with Crippen molar-refractivity contribution >= 4 is 10.8 Å². The molecule has 23 heavy (non-hydrogen) atoms. The van der Waals surface area contributed by atoms with Crippen molar-refractivity contribution in [2.45, 2.75) is 32.1 Å². The van der Waals surface area contributed by atoms with Gasteiger partial charge in [-0.25, -0.2) is 4.39 Å². The van der Waals surface area contributed by atoms with E-state index in [4.69, 9.17) is 0 Å². The van der Waals surface area contributed by atoms with Gasteiger partial charge in [0.15, 0.2) is 0 Å². The van der Waals surface area contributed by atoms with Crippen LogP contribution in [0.2, 0.25) is 0 Å². The highest BCUT2D eigenvalue weighted by Crippen LogP contribution is 2.40. The first-order valence-corrected chi connectivity index (χ1v) is 8.08. The number of phenolic OH excluding ortho intramolecular Hbond substituents is 2. The van der Waals surface area contributed by atoms with Gasteiger partial charge in [0.25, 0.3) is 0 Å². The Kier molecular flexibility index (Phi) is 4.53. The molecule has 3 N–H and O–H groups in total. The maximum Gasteiger partial charge on any atom is 0.127 e. The first-order chi connectivity index (χ1) is 11.1. The maximum absolute atomic E-state index is 14.5. The molecule has 2 aromatic rings. The molecule has 0 aliphatic carbocycles. The van der Waals surface area contributed by atoms with Crippen LogP contribution in [-0.4, -0.2) is 23.3 Å². The molecular weight excluding hydrogens is 293 g/mol. The van der Waals surface area contributed by atoms with Gasteiger partial charge in [0, 0.05) is 29.3 Å². The first-order valence-electron chi connectivity index (χ1n) is 8.08. The van der Waals surface area contributed by atoms with E-state index in [0.717, 1.165) is 25.0 Å². The maximum atomic E-state index is 14.5. The fourth-order valence-electron chi connectivity index (χ4n) is 3.25. The lowest BCUT2D eigenvalue weighted by molar-refractivity contribution is 0.452. The van der Waals surface area contributed by atoms with E-state index in [1.807, 2.05) is 19.1 Å². The number of halogens is 1. The van der Waals surface area contributed by atoms with Gasteiger partial charge in [-0.1, -0.05) is 31.2 Å². The van der Waals surface area contributed by atoms with Crippen molar-refractivity contribution < 1.29 is 14.6 Å². The minimum absolute atomic E-state index is 0.100. The topological polar surface area (TPSA) is 52.5 Å². The second-order valence-corrected chi connectivity index (χ2v) is 6.27. The molecule has 0 bridgehead atoms. The monoisotopic (exact) mass is 315 g/mol. The predicted molar refractivity (Wildman–Crippen MR) is 90.5 cm³/mol. The largest absolute Gasteiger partial charge is 0.507 e. The Morgan fingerprint density at radius 2 is 2.00 bits per heavy atom. The van der Waals surface area contributed by atoms with Crippen molar-refractivity contribution in [2.24, 2.45) is 0 Å². The van der Waals surface area contributed by atoms with Crippen molar-refractivity contribution in [2.75, 3.05) is 13.1 Å². The van der Waals surface area contributed by atoms with Crippen molar-refractivity contribution in [1.29, 1.82) is 0 Å². The highest BCUT2D eigenvalue weighted by atomic mass is 19.1. The first kappa shape index (κ1) is 15.8. The fourth-order valence-corrected chi connectivity index (χ4v) is 3.25. The van der Waals surface area contributed by atoms with E-state index in [2.05, 4.69) is 5.32 Å². The molecule has 0 saturated carbocycles. The van der Waals surface area contributed by atoms with Gasteiger partial charge in [0.05, 0.1) is 0 Å². The van der Waals surface area contributed by atoms with Gasteiger partial charge >= 0.3 is 0 Å². The number of benzene rings is 2. The molecule has 3 rings (SSSR count). The number of rotatable bonds is 3. The van der Waals surface area contributed by atoms with Gasteiger partial charge in [0.2, 0.25) is 0 Å². The summed E-state index contributed by atoms with van der Waals surface area (Å²) in [4.78, 5) is 0. The fraction of sp³-hybridized carbons (Fsp3) is 0.368. The molecule has 0 radical (unpaired) electrons. The van der Waals surface area contributed by atoms with E-state index in [-0.39, 0.29) is 29.7 Å². The van der Waals surface area contributed by atoms with Crippen molar-refractivity contribution in [3.05, 3.63) is 47.3 Å². The third kappa shape index (κ3) is 3.17. The number of hydrogen-bond acceptors (Lipinski definition) is 3. The van der Waals surface area contributed by atoms with E-state index in [9.17, 15) is 14.6 Å². The summed E-state index contributed by atoms with van der Waals surface area (Å²) in [7, 11) is 0. The summed E-state index contributed by atoms with van der Waals surface area (Å²) in [6, 6.07) is 8.70. The van der Waals surface area contributed by atoms with Crippen LogP contribution in [0.1, 0.15) is 37.7 Å². The summed E-state index contributed by atoms with van der Waals surface area (Å²) in [5, 5.41) is 25.1. The molecule has 1 fully saturated rings. The van der Waals surface area contributed by atoms with Crippen LogP contribution >= 0.6 is 0 Å². The molecule has 2 aromatic carbocycles. The smallest absolute Gasteiger partial charge is 0.127 e. The summed E-state index contributed by atoms with van der Waals surface area (Å²) in [6.07, 6.45) is 1.99. The lowest BCUT2D eigenvalue weighted by Gasteiger charge is -2.19. The Labute approximate surface area is 135 Å². The second-order valence-electron chi connectivity index (χ2n) is 6.27. The zero-order valence-corrected chi connectivity index (χ0v) is 13.3. The van der Waals surface area contributed by atoms with Crippen LogP contribution in [0.3, 0.4) is 0 Å². The quantitative estimate of drug-likeness (QED) is 0.738. The van der Waals surface area contributed by atoms with E-state index >= 15 is 0 Å². The summed E-state index contributed by atoms with van der Waals surface area (Å²) in [5.74, 6) is -0.0604.